The summed E-state index contributed by atoms with van der Waals surface area (Å²) in [6, 6.07) is 4.62. The lowest BCUT2D eigenvalue weighted by Gasteiger charge is -2.77. The molecule has 5 aliphatic carbocycles. The molecule has 6 fully saturated rings. The van der Waals surface area contributed by atoms with Crippen molar-refractivity contribution in [3.05, 3.63) is 23.3 Å². The Morgan fingerprint density at radius 3 is 2.71 bits per heavy atom. The molecule has 4 bridgehead atoms. The van der Waals surface area contributed by atoms with Crippen molar-refractivity contribution in [2.75, 3.05) is 19.9 Å². The molecule has 3 aliphatic heterocycles. The number of ether oxygens (including phenoxy) is 3. The molecule has 0 radical (unpaired) electrons. The van der Waals surface area contributed by atoms with E-state index in [-0.39, 0.29) is 39.5 Å². The van der Waals surface area contributed by atoms with E-state index in [1.54, 1.807) is 0 Å². The predicted molar refractivity (Wildman–Crippen MR) is 128 cm³/mol. The highest BCUT2D eigenvalue weighted by Crippen LogP contribution is 2.78. The topological polar surface area (TPSA) is 51.2 Å². The van der Waals surface area contributed by atoms with E-state index in [0.717, 1.165) is 43.9 Å². The molecule has 0 aromatic heterocycles. The zero-order valence-electron chi connectivity index (χ0n) is 21.2. The molecule has 5 heteroatoms. The van der Waals surface area contributed by atoms with Crippen LogP contribution >= 0.6 is 0 Å². The van der Waals surface area contributed by atoms with E-state index < -0.39 is 0 Å². The Morgan fingerprint density at radius 1 is 1.12 bits per heavy atom. The van der Waals surface area contributed by atoms with Crippen LogP contribution in [0.2, 0.25) is 0 Å². The smallest absolute Gasteiger partial charge is 0.165 e. The van der Waals surface area contributed by atoms with Crippen LogP contribution in [0.4, 0.5) is 0 Å². The summed E-state index contributed by atoms with van der Waals surface area (Å²) < 4.78 is 20.4. The maximum atomic E-state index is 11.0. The maximum absolute atomic E-state index is 11.0. The van der Waals surface area contributed by atoms with Crippen LogP contribution in [0, 0.1) is 22.7 Å². The van der Waals surface area contributed by atoms with Gasteiger partial charge in [0.15, 0.2) is 11.5 Å². The SMILES string of the molecule is CC(C)(C)[C@@]1(C)OCO[C@]23CC[C@@]4(CC12)[C@H]1Cc2ccc(O)c5c2[C@@]4(CCN1CC1CC1)[C@H]3O5. The minimum absolute atomic E-state index is 0.00797. The standard InChI is InChI=1S/C29H39NO4/c1-25(2,3)26(4)20-14-27-9-10-29(20,33-16-32-26)24-28(27)11-12-30(15-17-5-6-17)21(27)13-18-7-8-19(31)23(34-24)22(18)28/h7-8,17,20-21,24,31H,5-6,9-16H2,1-4H3/t20?,21-,24-,26+,27-,28+,29-/m1/s1. The van der Waals surface area contributed by atoms with Gasteiger partial charge >= 0.3 is 0 Å². The van der Waals surface area contributed by atoms with Gasteiger partial charge in [0.1, 0.15) is 18.5 Å². The van der Waals surface area contributed by atoms with Crippen molar-refractivity contribution < 1.29 is 19.3 Å². The van der Waals surface area contributed by atoms with Crippen LogP contribution < -0.4 is 4.74 Å². The number of phenols is 1. The van der Waals surface area contributed by atoms with Crippen molar-refractivity contribution >= 4 is 0 Å². The van der Waals surface area contributed by atoms with Gasteiger partial charge < -0.3 is 19.3 Å². The third kappa shape index (κ3) is 2.06. The highest BCUT2D eigenvalue weighted by atomic mass is 16.7. The number of rotatable bonds is 2. The predicted octanol–water partition coefficient (Wildman–Crippen LogP) is 4.78. The Bertz CT molecular complexity index is 1090. The average molecular weight is 466 g/mol. The summed E-state index contributed by atoms with van der Waals surface area (Å²) in [5.74, 6) is 2.26. The van der Waals surface area contributed by atoms with Gasteiger partial charge in [-0.2, -0.15) is 0 Å². The molecule has 1 unspecified atom stereocenters. The Labute approximate surface area is 203 Å². The summed E-state index contributed by atoms with van der Waals surface area (Å²) in [7, 11) is 0. The van der Waals surface area contributed by atoms with Crippen molar-refractivity contribution in [3.63, 3.8) is 0 Å². The number of nitrogens with zero attached hydrogens (tertiary/aromatic N) is 1. The lowest BCUT2D eigenvalue weighted by atomic mass is 9.33. The van der Waals surface area contributed by atoms with Gasteiger partial charge in [0.2, 0.25) is 0 Å². The summed E-state index contributed by atoms with van der Waals surface area (Å²) in [6.45, 7) is 12.1. The first-order valence-electron chi connectivity index (χ1n) is 13.7. The van der Waals surface area contributed by atoms with E-state index in [2.05, 4.69) is 38.7 Å². The number of piperidine rings is 1. The molecule has 184 valence electrons. The molecule has 3 spiro atoms. The number of fused-ring (bicyclic) bond motifs is 1. The Balaban J connectivity index is 1.38. The zero-order chi connectivity index (χ0) is 23.3. The van der Waals surface area contributed by atoms with Crippen LogP contribution in [-0.4, -0.2) is 53.2 Å². The second-order valence-corrected chi connectivity index (χ2v) is 14.0. The highest BCUT2D eigenvalue weighted by molar-refractivity contribution is 5.63. The second-order valence-electron chi connectivity index (χ2n) is 14.0. The fourth-order valence-electron chi connectivity index (χ4n) is 10.0. The molecule has 5 nitrogen and oxygen atoms in total. The summed E-state index contributed by atoms with van der Waals surface area (Å²) >= 11 is 0. The molecule has 1 N–H and O–H groups in total. The first kappa shape index (κ1) is 20.8. The van der Waals surface area contributed by atoms with Crippen molar-refractivity contribution in [3.8, 4) is 11.5 Å². The van der Waals surface area contributed by atoms with Gasteiger partial charge in [-0.05, 0) is 81.4 Å². The van der Waals surface area contributed by atoms with E-state index in [0.29, 0.717) is 18.6 Å². The molecule has 7 atom stereocenters. The van der Waals surface area contributed by atoms with Crippen molar-refractivity contribution in [1.29, 1.82) is 0 Å². The third-order valence-electron chi connectivity index (χ3n) is 12.1. The molecule has 34 heavy (non-hydrogen) atoms. The van der Waals surface area contributed by atoms with E-state index in [1.165, 1.54) is 36.9 Å². The normalized spacial score (nSPS) is 48.3. The van der Waals surface area contributed by atoms with Gasteiger partial charge in [-0.3, -0.25) is 4.90 Å². The van der Waals surface area contributed by atoms with Gasteiger partial charge in [0.05, 0.1) is 5.60 Å². The fraction of sp³-hybridized carbons (Fsp3) is 0.793. The van der Waals surface area contributed by atoms with Gasteiger partial charge in [0.25, 0.3) is 0 Å². The zero-order valence-corrected chi connectivity index (χ0v) is 21.2. The molecule has 9 rings (SSSR count). The van der Waals surface area contributed by atoms with Crippen molar-refractivity contribution in [2.24, 2.45) is 22.7 Å². The van der Waals surface area contributed by atoms with Crippen LogP contribution in [0.25, 0.3) is 0 Å². The van der Waals surface area contributed by atoms with Crippen LogP contribution in [0.1, 0.15) is 77.3 Å². The minimum Gasteiger partial charge on any atom is -0.504 e. The van der Waals surface area contributed by atoms with Gasteiger partial charge in [0, 0.05) is 34.9 Å². The number of aromatic hydroxyl groups is 1. The van der Waals surface area contributed by atoms with Crippen LogP contribution in [0.5, 0.6) is 11.5 Å². The molecule has 8 aliphatic rings. The molecule has 2 saturated heterocycles. The summed E-state index contributed by atoms with van der Waals surface area (Å²) in [6.07, 6.45) is 8.35. The summed E-state index contributed by atoms with van der Waals surface area (Å²) in [4.78, 5) is 2.88. The van der Waals surface area contributed by atoms with E-state index in [4.69, 9.17) is 14.2 Å². The monoisotopic (exact) mass is 465 g/mol. The van der Waals surface area contributed by atoms with Crippen LogP contribution in [-0.2, 0) is 21.3 Å². The molecule has 1 aromatic rings. The summed E-state index contributed by atoms with van der Waals surface area (Å²) in [5, 5.41) is 11.0. The molecule has 1 aromatic carbocycles. The van der Waals surface area contributed by atoms with Gasteiger partial charge in [-0.25, -0.2) is 0 Å². The number of likely N-dealkylation sites (tertiary alicyclic amines) is 1. The van der Waals surface area contributed by atoms with E-state index in [9.17, 15) is 5.11 Å². The average Bonchev–Trinajstić information content (AvgIpc) is 3.53. The molecular weight excluding hydrogens is 426 g/mol. The van der Waals surface area contributed by atoms with E-state index >= 15 is 0 Å². The number of hydrogen-bond acceptors (Lipinski definition) is 5. The lowest BCUT2D eigenvalue weighted by Crippen LogP contribution is -2.84. The Kier molecular flexibility index (Phi) is 3.67. The van der Waals surface area contributed by atoms with Crippen molar-refractivity contribution in [1.82, 2.24) is 4.90 Å². The first-order chi connectivity index (χ1) is 16.2. The van der Waals surface area contributed by atoms with Gasteiger partial charge in [-0.1, -0.05) is 26.8 Å². The van der Waals surface area contributed by atoms with Crippen molar-refractivity contribution in [2.45, 2.75) is 101 Å². The van der Waals surface area contributed by atoms with Crippen LogP contribution in [0.15, 0.2) is 12.1 Å². The summed E-state index contributed by atoms with van der Waals surface area (Å²) in [5.41, 5.74) is 2.22. The number of hydrogen-bond donors (Lipinski definition) is 1. The highest BCUT2D eigenvalue weighted by Gasteiger charge is 2.83. The molecule has 4 saturated carbocycles. The fourth-order valence-corrected chi connectivity index (χ4v) is 10.0. The minimum atomic E-state index is -0.356. The quantitative estimate of drug-likeness (QED) is 0.681. The maximum Gasteiger partial charge on any atom is 0.165 e. The number of phenolic OH excluding ortho intramolecular Hbond substituents is 1. The van der Waals surface area contributed by atoms with E-state index in [1.807, 2.05) is 6.07 Å². The van der Waals surface area contributed by atoms with Crippen LogP contribution in [0.3, 0.4) is 0 Å². The Morgan fingerprint density at radius 2 is 1.94 bits per heavy atom. The largest absolute Gasteiger partial charge is 0.504 e. The second kappa shape index (κ2) is 5.98. The molecule has 0 amide bonds. The lowest BCUT2D eigenvalue weighted by molar-refractivity contribution is -0.389. The van der Waals surface area contributed by atoms with Gasteiger partial charge in [-0.15, -0.1) is 0 Å². The third-order valence-corrected chi connectivity index (χ3v) is 12.1. The molecule has 3 heterocycles. The Hall–Kier alpha value is -1.30. The first-order valence-corrected chi connectivity index (χ1v) is 13.7. The molecular formula is C29H39NO4. The number of benzene rings is 1.